The van der Waals surface area contributed by atoms with E-state index in [1.54, 1.807) is 11.9 Å². The number of aryl methyl sites for hydroxylation is 1. The average molecular weight is 242 g/mol. The van der Waals surface area contributed by atoms with Gasteiger partial charge in [0.2, 0.25) is 5.91 Å². The number of rotatable bonds is 5. The second-order valence-electron chi connectivity index (χ2n) is 3.56. The summed E-state index contributed by atoms with van der Waals surface area (Å²) in [6, 6.07) is 7.79. The van der Waals surface area contributed by atoms with Gasteiger partial charge in [0.15, 0.2) is 0 Å². The minimum Gasteiger partial charge on any atom is -0.491 e. The number of amides is 1. The van der Waals surface area contributed by atoms with Gasteiger partial charge in [-0.05, 0) is 18.6 Å². The molecule has 4 heteroatoms. The van der Waals surface area contributed by atoms with Crippen LogP contribution in [0, 0.1) is 6.92 Å². The van der Waals surface area contributed by atoms with Crippen LogP contribution in [0.25, 0.3) is 0 Å². The molecule has 1 amide bonds. The molecule has 0 saturated carbocycles. The lowest BCUT2D eigenvalue weighted by Gasteiger charge is -2.16. The Balaban J connectivity index is 2.36. The number of para-hydroxylation sites is 1. The molecule has 1 aromatic carbocycles. The number of carbonyl (C=O) groups is 1. The maximum Gasteiger partial charge on any atom is 0.237 e. The Labute approximate surface area is 101 Å². The lowest BCUT2D eigenvalue weighted by atomic mass is 10.2. The van der Waals surface area contributed by atoms with Gasteiger partial charge < -0.3 is 9.64 Å². The topological polar surface area (TPSA) is 29.5 Å². The Bertz CT molecular complexity index is 355. The molecule has 0 radical (unpaired) electrons. The summed E-state index contributed by atoms with van der Waals surface area (Å²) in [5, 5.41) is 0. The van der Waals surface area contributed by atoms with E-state index in [-0.39, 0.29) is 11.8 Å². The van der Waals surface area contributed by atoms with Gasteiger partial charge in [-0.2, -0.15) is 0 Å². The number of halogens is 1. The smallest absolute Gasteiger partial charge is 0.237 e. The molecule has 0 saturated heterocycles. The Morgan fingerprint density at radius 3 is 2.75 bits per heavy atom. The standard InChI is InChI=1S/C12H16ClNO2/c1-10-5-3-4-6-11(10)16-8-7-14(2)12(15)9-13/h3-6H,7-9H2,1-2H3. The first-order valence-corrected chi connectivity index (χ1v) is 5.67. The quantitative estimate of drug-likeness (QED) is 0.739. The number of benzene rings is 1. The van der Waals surface area contributed by atoms with Gasteiger partial charge in [0.1, 0.15) is 18.2 Å². The second-order valence-corrected chi connectivity index (χ2v) is 3.83. The van der Waals surface area contributed by atoms with E-state index in [0.29, 0.717) is 13.2 Å². The Kier molecular flexibility index (Phi) is 5.12. The van der Waals surface area contributed by atoms with Crippen molar-refractivity contribution in [1.82, 2.24) is 4.90 Å². The molecule has 0 heterocycles. The fourth-order valence-corrected chi connectivity index (χ4v) is 1.44. The molecule has 1 aromatic rings. The molecule has 88 valence electrons. The fourth-order valence-electron chi connectivity index (χ4n) is 1.24. The summed E-state index contributed by atoms with van der Waals surface area (Å²) in [4.78, 5) is 12.7. The zero-order valence-corrected chi connectivity index (χ0v) is 10.3. The first-order chi connectivity index (χ1) is 7.65. The highest BCUT2D eigenvalue weighted by molar-refractivity contribution is 6.27. The summed E-state index contributed by atoms with van der Waals surface area (Å²) in [6.45, 7) is 3.01. The van der Waals surface area contributed by atoms with Crippen molar-refractivity contribution in [2.24, 2.45) is 0 Å². The number of likely N-dealkylation sites (N-methyl/N-ethyl adjacent to an activating group) is 1. The van der Waals surface area contributed by atoms with E-state index in [0.717, 1.165) is 11.3 Å². The number of nitrogens with zero attached hydrogens (tertiary/aromatic N) is 1. The Morgan fingerprint density at radius 1 is 1.44 bits per heavy atom. The van der Waals surface area contributed by atoms with Crippen molar-refractivity contribution in [3.8, 4) is 5.75 Å². The van der Waals surface area contributed by atoms with Crippen molar-refractivity contribution >= 4 is 17.5 Å². The first-order valence-electron chi connectivity index (χ1n) is 5.13. The van der Waals surface area contributed by atoms with Crippen LogP contribution in [-0.2, 0) is 4.79 Å². The molecule has 0 fully saturated rings. The number of hydrogen-bond donors (Lipinski definition) is 0. The van der Waals surface area contributed by atoms with Crippen LogP contribution < -0.4 is 4.74 Å². The van der Waals surface area contributed by atoms with E-state index in [9.17, 15) is 4.79 Å². The predicted octanol–water partition coefficient (Wildman–Crippen LogP) is 2.07. The van der Waals surface area contributed by atoms with Crippen LogP contribution >= 0.6 is 11.6 Å². The van der Waals surface area contributed by atoms with Crippen LogP contribution in [0.2, 0.25) is 0 Å². The number of ether oxygens (including phenoxy) is 1. The fraction of sp³-hybridized carbons (Fsp3) is 0.417. The maximum atomic E-state index is 11.2. The number of alkyl halides is 1. The lowest BCUT2D eigenvalue weighted by Crippen LogP contribution is -2.31. The van der Waals surface area contributed by atoms with E-state index in [1.165, 1.54) is 0 Å². The van der Waals surface area contributed by atoms with Crippen LogP contribution in [-0.4, -0.2) is 36.9 Å². The van der Waals surface area contributed by atoms with Crippen LogP contribution in [0.15, 0.2) is 24.3 Å². The molecule has 3 nitrogen and oxygen atoms in total. The molecule has 1 rings (SSSR count). The minimum absolute atomic E-state index is 0.0147. The molecule has 0 atom stereocenters. The highest BCUT2D eigenvalue weighted by Gasteiger charge is 2.06. The van der Waals surface area contributed by atoms with Gasteiger partial charge in [-0.25, -0.2) is 0 Å². The third-order valence-corrected chi connectivity index (χ3v) is 2.55. The second kappa shape index (κ2) is 6.38. The Morgan fingerprint density at radius 2 is 2.12 bits per heavy atom. The van der Waals surface area contributed by atoms with Gasteiger partial charge in [0, 0.05) is 7.05 Å². The van der Waals surface area contributed by atoms with Gasteiger partial charge in [0.25, 0.3) is 0 Å². The predicted molar refractivity (Wildman–Crippen MR) is 65.0 cm³/mol. The average Bonchev–Trinajstić information content (AvgIpc) is 2.30. The van der Waals surface area contributed by atoms with Gasteiger partial charge in [0.05, 0.1) is 6.54 Å². The van der Waals surface area contributed by atoms with Crippen LogP contribution in [0.1, 0.15) is 5.56 Å². The highest BCUT2D eigenvalue weighted by atomic mass is 35.5. The van der Waals surface area contributed by atoms with E-state index >= 15 is 0 Å². The van der Waals surface area contributed by atoms with Crippen LogP contribution in [0.5, 0.6) is 5.75 Å². The third-order valence-electron chi connectivity index (χ3n) is 2.32. The monoisotopic (exact) mass is 241 g/mol. The molecule has 0 N–H and O–H groups in total. The summed E-state index contributed by atoms with van der Waals surface area (Å²) in [5.74, 6) is 0.783. The summed E-state index contributed by atoms with van der Waals surface area (Å²) < 4.78 is 5.57. The molecular weight excluding hydrogens is 226 g/mol. The van der Waals surface area contributed by atoms with Crippen molar-refractivity contribution in [1.29, 1.82) is 0 Å². The lowest BCUT2D eigenvalue weighted by molar-refractivity contribution is -0.127. The Hall–Kier alpha value is -1.22. The van der Waals surface area contributed by atoms with Crippen LogP contribution in [0.4, 0.5) is 0 Å². The third kappa shape index (κ3) is 3.74. The number of carbonyl (C=O) groups excluding carboxylic acids is 1. The molecule has 0 aliphatic heterocycles. The van der Waals surface area contributed by atoms with E-state index in [4.69, 9.17) is 16.3 Å². The van der Waals surface area contributed by atoms with Gasteiger partial charge in [-0.1, -0.05) is 18.2 Å². The van der Waals surface area contributed by atoms with Gasteiger partial charge in [-0.3, -0.25) is 4.79 Å². The molecular formula is C12H16ClNO2. The molecule has 0 aliphatic rings. The van der Waals surface area contributed by atoms with Crippen molar-refractivity contribution in [2.75, 3.05) is 26.1 Å². The van der Waals surface area contributed by atoms with Crippen LogP contribution in [0.3, 0.4) is 0 Å². The van der Waals surface area contributed by atoms with Crippen molar-refractivity contribution < 1.29 is 9.53 Å². The molecule has 0 unspecified atom stereocenters. The highest BCUT2D eigenvalue weighted by Crippen LogP contribution is 2.15. The summed E-state index contributed by atoms with van der Waals surface area (Å²) in [5.41, 5.74) is 1.09. The maximum absolute atomic E-state index is 11.2. The molecule has 0 aromatic heterocycles. The SMILES string of the molecule is Cc1ccccc1OCCN(C)C(=O)CCl. The summed E-state index contributed by atoms with van der Waals surface area (Å²) >= 11 is 5.44. The first kappa shape index (κ1) is 12.8. The normalized spacial score (nSPS) is 9.94. The van der Waals surface area contributed by atoms with Gasteiger partial charge in [-0.15, -0.1) is 11.6 Å². The minimum atomic E-state index is -0.0879. The van der Waals surface area contributed by atoms with Crippen molar-refractivity contribution in [3.05, 3.63) is 29.8 Å². The molecule has 0 spiro atoms. The van der Waals surface area contributed by atoms with Crippen molar-refractivity contribution in [3.63, 3.8) is 0 Å². The van der Waals surface area contributed by atoms with E-state index in [2.05, 4.69) is 0 Å². The zero-order valence-electron chi connectivity index (χ0n) is 9.57. The van der Waals surface area contributed by atoms with Crippen molar-refractivity contribution in [2.45, 2.75) is 6.92 Å². The van der Waals surface area contributed by atoms with E-state index in [1.807, 2.05) is 31.2 Å². The van der Waals surface area contributed by atoms with Gasteiger partial charge >= 0.3 is 0 Å². The number of hydrogen-bond acceptors (Lipinski definition) is 2. The molecule has 16 heavy (non-hydrogen) atoms. The molecule has 0 bridgehead atoms. The van der Waals surface area contributed by atoms with E-state index < -0.39 is 0 Å². The summed E-state index contributed by atoms with van der Waals surface area (Å²) in [7, 11) is 1.71. The summed E-state index contributed by atoms with van der Waals surface area (Å²) in [6.07, 6.45) is 0. The zero-order chi connectivity index (χ0) is 12.0. The molecule has 0 aliphatic carbocycles. The largest absolute Gasteiger partial charge is 0.491 e.